The SMILES string of the molecule is CC(C)(C)OC(=O)N1C2CCC1CN(c1nc(OCCCN3C4CCCC3CC4)nc3c(F)c(Br)c(F)cc13)C2. The molecule has 218 valence electrons. The Kier molecular flexibility index (Phi) is 7.56. The molecule has 4 bridgehead atoms. The van der Waals surface area contributed by atoms with E-state index in [4.69, 9.17) is 9.47 Å². The van der Waals surface area contributed by atoms with Crippen molar-refractivity contribution in [1.29, 1.82) is 0 Å². The van der Waals surface area contributed by atoms with E-state index in [9.17, 15) is 9.18 Å². The fraction of sp³-hybridized carbons (Fsp3) is 0.690. The average Bonchev–Trinajstić information content (AvgIpc) is 3.29. The lowest BCUT2D eigenvalue weighted by atomic mass is 10.0. The highest BCUT2D eigenvalue weighted by Crippen LogP contribution is 2.39. The zero-order chi connectivity index (χ0) is 28.2. The Morgan fingerprint density at radius 3 is 2.33 bits per heavy atom. The number of carbonyl (C=O) groups excluding carboxylic acids is 1. The Morgan fingerprint density at radius 1 is 1.02 bits per heavy atom. The number of hydrogen-bond acceptors (Lipinski definition) is 7. The van der Waals surface area contributed by atoms with Crippen LogP contribution in [0.1, 0.15) is 72.1 Å². The molecular weight excluding hydrogens is 584 g/mol. The number of halogens is 3. The monoisotopic (exact) mass is 621 g/mol. The molecule has 2 aromatic rings. The second-order valence-electron chi connectivity index (χ2n) is 12.6. The summed E-state index contributed by atoms with van der Waals surface area (Å²) in [6, 6.07) is 2.59. The van der Waals surface area contributed by atoms with E-state index in [1.807, 2.05) is 30.6 Å². The van der Waals surface area contributed by atoms with Crippen LogP contribution in [0.5, 0.6) is 6.01 Å². The van der Waals surface area contributed by atoms with Crippen molar-refractivity contribution in [2.75, 3.05) is 31.1 Å². The molecule has 4 fully saturated rings. The molecule has 1 aromatic heterocycles. The Balaban J connectivity index is 1.22. The number of benzene rings is 1. The number of carbonyl (C=O) groups is 1. The molecule has 0 radical (unpaired) electrons. The Hall–Kier alpha value is -2.27. The van der Waals surface area contributed by atoms with Gasteiger partial charge < -0.3 is 14.4 Å². The lowest BCUT2D eigenvalue weighted by Crippen LogP contribution is -2.57. The molecule has 5 heterocycles. The molecule has 40 heavy (non-hydrogen) atoms. The Morgan fingerprint density at radius 2 is 1.68 bits per heavy atom. The first-order valence-electron chi connectivity index (χ1n) is 14.6. The molecule has 4 saturated heterocycles. The molecule has 4 aliphatic rings. The van der Waals surface area contributed by atoms with Crippen molar-refractivity contribution < 1.29 is 23.0 Å². The fourth-order valence-electron chi connectivity index (χ4n) is 7.13. The van der Waals surface area contributed by atoms with Gasteiger partial charge in [-0.2, -0.15) is 9.97 Å². The summed E-state index contributed by atoms with van der Waals surface area (Å²) in [4.78, 5) is 28.5. The van der Waals surface area contributed by atoms with Crippen molar-refractivity contribution >= 4 is 38.7 Å². The number of ether oxygens (including phenoxy) is 2. The maximum Gasteiger partial charge on any atom is 0.410 e. The van der Waals surface area contributed by atoms with Gasteiger partial charge in [0.15, 0.2) is 5.82 Å². The third-order valence-corrected chi connectivity index (χ3v) is 9.54. The largest absolute Gasteiger partial charge is 0.463 e. The number of aromatic nitrogens is 2. The summed E-state index contributed by atoms with van der Waals surface area (Å²) in [6.07, 6.45) is 8.64. The first-order chi connectivity index (χ1) is 19.1. The minimum Gasteiger partial charge on any atom is -0.463 e. The summed E-state index contributed by atoms with van der Waals surface area (Å²) in [7, 11) is 0. The van der Waals surface area contributed by atoms with Gasteiger partial charge in [-0.3, -0.25) is 9.80 Å². The normalized spacial score (nSPS) is 26.6. The van der Waals surface area contributed by atoms with E-state index < -0.39 is 17.2 Å². The van der Waals surface area contributed by atoms with Gasteiger partial charge in [0.2, 0.25) is 0 Å². The number of anilines is 1. The summed E-state index contributed by atoms with van der Waals surface area (Å²) < 4.78 is 41.4. The molecule has 0 aliphatic carbocycles. The molecule has 1 amide bonds. The lowest BCUT2D eigenvalue weighted by molar-refractivity contribution is 0.0122. The van der Waals surface area contributed by atoms with Crippen LogP contribution in [0.3, 0.4) is 0 Å². The third-order valence-electron chi connectivity index (χ3n) is 8.81. The molecule has 0 spiro atoms. The van der Waals surface area contributed by atoms with Gasteiger partial charge in [0.25, 0.3) is 0 Å². The van der Waals surface area contributed by atoms with Gasteiger partial charge >= 0.3 is 12.1 Å². The van der Waals surface area contributed by atoms with Crippen molar-refractivity contribution in [1.82, 2.24) is 19.8 Å². The zero-order valence-electron chi connectivity index (χ0n) is 23.5. The number of piperazine rings is 1. The summed E-state index contributed by atoms with van der Waals surface area (Å²) in [5, 5.41) is 0.292. The number of nitrogens with zero attached hydrogens (tertiary/aromatic N) is 5. The predicted octanol–water partition coefficient (Wildman–Crippen LogP) is 6.04. The van der Waals surface area contributed by atoms with E-state index in [0.717, 1.165) is 25.8 Å². The van der Waals surface area contributed by atoms with E-state index in [1.165, 1.54) is 38.2 Å². The first kappa shape index (κ1) is 27.9. The summed E-state index contributed by atoms with van der Waals surface area (Å²) in [5.41, 5.74) is -0.567. The van der Waals surface area contributed by atoms with Crippen LogP contribution in [-0.2, 0) is 4.74 Å². The molecule has 11 heteroatoms. The standard InChI is InChI=1S/C29H38BrF2N5O3/c1-29(2,3)40-28(38)37-19-10-11-20(37)16-35(15-19)26-21-14-22(31)23(30)24(32)25(21)33-27(34-26)39-13-5-12-36-17-6-4-7-18(36)9-8-17/h14,17-20H,4-13,15-16H2,1-3H3. The van der Waals surface area contributed by atoms with Crippen LogP contribution in [-0.4, -0.2) is 81.9 Å². The van der Waals surface area contributed by atoms with Gasteiger partial charge in [0.1, 0.15) is 22.8 Å². The van der Waals surface area contributed by atoms with Gasteiger partial charge in [0.05, 0.1) is 23.2 Å². The maximum absolute atomic E-state index is 15.3. The Labute approximate surface area is 242 Å². The van der Waals surface area contributed by atoms with E-state index >= 15 is 4.39 Å². The van der Waals surface area contributed by atoms with Crippen LogP contribution in [0.4, 0.5) is 19.4 Å². The number of amides is 1. The van der Waals surface area contributed by atoms with Crippen molar-refractivity contribution in [3.05, 3.63) is 22.2 Å². The molecule has 6 rings (SSSR count). The van der Waals surface area contributed by atoms with Crippen molar-refractivity contribution in [3.63, 3.8) is 0 Å². The Bertz CT molecular complexity index is 1260. The van der Waals surface area contributed by atoms with Gasteiger partial charge in [-0.05, 0) is 87.7 Å². The van der Waals surface area contributed by atoms with E-state index in [2.05, 4.69) is 30.8 Å². The molecule has 4 aliphatic heterocycles. The molecule has 1 aromatic carbocycles. The van der Waals surface area contributed by atoms with Crippen LogP contribution in [0.25, 0.3) is 10.9 Å². The molecule has 0 N–H and O–H groups in total. The number of rotatable bonds is 6. The molecule has 8 nitrogen and oxygen atoms in total. The van der Waals surface area contributed by atoms with Crippen molar-refractivity contribution in [2.45, 2.75) is 102 Å². The highest BCUT2D eigenvalue weighted by molar-refractivity contribution is 9.10. The van der Waals surface area contributed by atoms with Gasteiger partial charge in [-0.25, -0.2) is 13.6 Å². The molecule has 4 unspecified atom stereocenters. The summed E-state index contributed by atoms with van der Waals surface area (Å²) in [6.45, 7) is 7.93. The molecule has 4 atom stereocenters. The van der Waals surface area contributed by atoms with Gasteiger partial charge in [-0.15, -0.1) is 0 Å². The highest BCUT2D eigenvalue weighted by atomic mass is 79.9. The molecule has 0 saturated carbocycles. The van der Waals surface area contributed by atoms with Crippen molar-refractivity contribution in [2.24, 2.45) is 0 Å². The fourth-order valence-corrected chi connectivity index (χ4v) is 7.43. The minimum atomic E-state index is -0.774. The average molecular weight is 623 g/mol. The van der Waals surface area contributed by atoms with Crippen molar-refractivity contribution in [3.8, 4) is 6.01 Å². The van der Waals surface area contributed by atoms with Crippen LogP contribution in [0, 0.1) is 11.6 Å². The van der Waals surface area contributed by atoms with E-state index in [0.29, 0.717) is 43.0 Å². The van der Waals surface area contributed by atoms with Crippen LogP contribution in [0.15, 0.2) is 10.5 Å². The van der Waals surface area contributed by atoms with Crippen LogP contribution < -0.4 is 9.64 Å². The zero-order valence-corrected chi connectivity index (χ0v) is 25.1. The van der Waals surface area contributed by atoms with Gasteiger partial charge in [0, 0.05) is 37.1 Å². The predicted molar refractivity (Wildman–Crippen MR) is 152 cm³/mol. The number of hydrogen-bond donors (Lipinski definition) is 0. The number of piperidine rings is 1. The van der Waals surface area contributed by atoms with E-state index in [-0.39, 0.29) is 34.2 Å². The van der Waals surface area contributed by atoms with E-state index in [1.54, 1.807) is 0 Å². The van der Waals surface area contributed by atoms with Crippen LogP contribution >= 0.6 is 15.9 Å². The number of fused-ring (bicyclic) bond motifs is 5. The topological polar surface area (TPSA) is 71.0 Å². The summed E-state index contributed by atoms with van der Waals surface area (Å²) in [5.74, 6) is -1.06. The first-order valence-corrected chi connectivity index (χ1v) is 15.4. The second kappa shape index (κ2) is 10.9. The highest BCUT2D eigenvalue weighted by Gasteiger charge is 2.45. The van der Waals surface area contributed by atoms with Gasteiger partial charge in [-0.1, -0.05) is 6.42 Å². The van der Waals surface area contributed by atoms with Crippen LogP contribution in [0.2, 0.25) is 0 Å². The smallest absolute Gasteiger partial charge is 0.410 e. The maximum atomic E-state index is 15.3. The molecular formula is C29H38BrF2N5O3. The minimum absolute atomic E-state index is 0.0178. The summed E-state index contributed by atoms with van der Waals surface area (Å²) >= 11 is 3.02. The quantitative estimate of drug-likeness (QED) is 0.287. The second-order valence-corrected chi connectivity index (χ2v) is 13.4. The lowest BCUT2D eigenvalue weighted by Gasteiger charge is -2.42. The third kappa shape index (κ3) is 5.35.